The van der Waals surface area contributed by atoms with Gasteiger partial charge in [-0.2, -0.15) is 0 Å². The summed E-state index contributed by atoms with van der Waals surface area (Å²) in [4.78, 5) is 26.1. The maximum atomic E-state index is 13.0. The van der Waals surface area contributed by atoms with Crippen LogP contribution >= 0.6 is 22.9 Å². The zero-order valence-corrected chi connectivity index (χ0v) is 16.1. The molecule has 11 heteroatoms. The number of benzene rings is 1. The molecule has 6 nitrogen and oxygen atoms in total. The lowest BCUT2D eigenvalue weighted by atomic mass is 10.0. The first-order valence-electron chi connectivity index (χ1n) is 8.30. The van der Waals surface area contributed by atoms with Gasteiger partial charge in [0.15, 0.2) is 0 Å². The molecule has 150 valence electrons. The summed E-state index contributed by atoms with van der Waals surface area (Å²) in [5.41, 5.74) is -0.338. The van der Waals surface area contributed by atoms with Crippen LogP contribution in [0.3, 0.4) is 0 Å². The Bertz CT molecular complexity index is 993. The number of alkyl halides is 3. The van der Waals surface area contributed by atoms with Crippen LogP contribution in [0.25, 0.3) is 10.1 Å². The number of nitrogens with one attached hydrogen (secondary N) is 1. The quantitative estimate of drug-likeness (QED) is 0.773. The molecule has 2 aliphatic rings. The Morgan fingerprint density at radius 3 is 2.82 bits per heavy atom. The second-order valence-corrected chi connectivity index (χ2v) is 8.22. The van der Waals surface area contributed by atoms with Crippen molar-refractivity contribution in [2.24, 2.45) is 0 Å². The highest BCUT2D eigenvalue weighted by Gasteiger charge is 2.47. The average Bonchev–Trinajstić information content (AvgIpc) is 3.28. The number of alkyl carbamates (subject to hydrolysis) is 1. The Morgan fingerprint density at radius 2 is 2.18 bits per heavy atom. The van der Waals surface area contributed by atoms with E-state index in [0.717, 1.165) is 11.3 Å². The molecule has 1 unspecified atom stereocenters. The van der Waals surface area contributed by atoms with Gasteiger partial charge in [-0.25, -0.2) is 4.79 Å². The number of rotatable bonds is 2. The molecule has 2 aromatic rings. The normalized spacial score (nSPS) is 22.0. The molecule has 1 atom stereocenters. The van der Waals surface area contributed by atoms with Crippen LogP contribution in [0.15, 0.2) is 12.1 Å². The lowest BCUT2D eigenvalue weighted by Gasteiger charge is -2.21. The Hall–Kier alpha value is -2.20. The van der Waals surface area contributed by atoms with E-state index in [1.807, 2.05) is 0 Å². The van der Waals surface area contributed by atoms with Gasteiger partial charge in [-0.05, 0) is 25.5 Å². The fourth-order valence-electron chi connectivity index (χ4n) is 3.52. The van der Waals surface area contributed by atoms with Crippen molar-refractivity contribution in [3.63, 3.8) is 0 Å². The van der Waals surface area contributed by atoms with Gasteiger partial charge in [0.05, 0.1) is 10.6 Å². The van der Waals surface area contributed by atoms with Crippen LogP contribution < -0.4 is 10.1 Å². The predicted molar refractivity (Wildman–Crippen MR) is 96.0 cm³/mol. The van der Waals surface area contributed by atoms with E-state index >= 15 is 0 Å². The van der Waals surface area contributed by atoms with E-state index in [1.165, 1.54) is 19.1 Å². The molecule has 0 bridgehead atoms. The lowest BCUT2D eigenvalue weighted by molar-refractivity contribution is -0.274. The molecule has 1 aromatic carbocycles. The first kappa shape index (κ1) is 19.1. The summed E-state index contributed by atoms with van der Waals surface area (Å²) in [5.74, 6) is -0.662. The molecular weight excluding hydrogens is 421 g/mol. The van der Waals surface area contributed by atoms with Gasteiger partial charge in [0.1, 0.15) is 17.2 Å². The minimum atomic E-state index is -4.81. The van der Waals surface area contributed by atoms with Gasteiger partial charge in [-0.3, -0.25) is 4.79 Å². The number of aryl methyl sites for hydroxylation is 1. The highest BCUT2D eigenvalue weighted by molar-refractivity contribution is 7.21. The molecule has 2 amide bonds. The third kappa shape index (κ3) is 3.24. The lowest BCUT2D eigenvalue weighted by Crippen LogP contribution is -2.46. The summed E-state index contributed by atoms with van der Waals surface area (Å²) in [5, 5.41) is 3.43. The molecule has 0 aliphatic carbocycles. The number of cyclic esters (lactones) is 1. The average molecular weight is 435 g/mol. The SMILES string of the molecule is Cc1c(OC(F)(F)F)ccc2c(Cl)c(C(=O)N3CCC4(COC(=O)N4)C3)sc12. The van der Waals surface area contributed by atoms with Crippen LogP contribution in [-0.4, -0.2) is 48.5 Å². The summed E-state index contributed by atoms with van der Waals surface area (Å²) in [6.45, 7) is 2.37. The summed E-state index contributed by atoms with van der Waals surface area (Å²) in [6, 6.07) is 2.60. The third-order valence-corrected chi connectivity index (χ3v) is 6.72. The van der Waals surface area contributed by atoms with Crippen molar-refractivity contribution in [2.45, 2.75) is 25.2 Å². The zero-order chi connectivity index (χ0) is 20.3. The van der Waals surface area contributed by atoms with Crippen LogP contribution in [0, 0.1) is 6.92 Å². The van der Waals surface area contributed by atoms with E-state index < -0.39 is 18.0 Å². The number of nitrogens with zero attached hydrogens (tertiary/aromatic N) is 1. The highest BCUT2D eigenvalue weighted by atomic mass is 35.5. The van der Waals surface area contributed by atoms with Crippen molar-refractivity contribution in [1.29, 1.82) is 0 Å². The van der Waals surface area contributed by atoms with Gasteiger partial charge in [0.25, 0.3) is 5.91 Å². The summed E-state index contributed by atoms with van der Waals surface area (Å²) in [7, 11) is 0. The number of hydrogen-bond donors (Lipinski definition) is 1. The van der Waals surface area contributed by atoms with Crippen LogP contribution in [0.1, 0.15) is 21.7 Å². The van der Waals surface area contributed by atoms with Crippen LogP contribution in [-0.2, 0) is 4.74 Å². The molecule has 3 heterocycles. The molecule has 28 heavy (non-hydrogen) atoms. The summed E-state index contributed by atoms with van der Waals surface area (Å²) < 4.78 is 47.1. The van der Waals surface area contributed by atoms with Crippen molar-refractivity contribution in [1.82, 2.24) is 10.2 Å². The molecule has 0 radical (unpaired) electrons. The van der Waals surface area contributed by atoms with Crippen molar-refractivity contribution in [3.8, 4) is 5.75 Å². The van der Waals surface area contributed by atoms with Crippen molar-refractivity contribution in [3.05, 3.63) is 27.6 Å². The molecule has 0 saturated carbocycles. The van der Waals surface area contributed by atoms with Gasteiger partial charge in [-0.15, -0.1) is 24.5 Å². The minimum absolute atomic E-state index is 0.188. The standard InChI is InChI=1S/C17H14ClF3N2O4S/c1-8-10(27-17(19,20)21)3-2-9-11(18)13(28-12(8)9)14(24)23-5-4-16(6-23)7-26-15(25)22-16/h2-3H,4-7H2,1H3,(H,22,25). The molecule has 2 saturated heterocycles. The molecule has 1 N–H and O–H groups in total. The van der Waals surface area contributed by atoms with E-state index in [2.05, 4.69) is 10.1 Å². The number of halogens is 4. The number of fused-ring (bicyclic) bond motifs is 1. The fraction of sp³-hybridized carbons (Fsp3) is 0.412. The molecular formula is C17H14ClF3N2O4S. The number of carbonyl (C=O) groups is 2. The fourth-order valence-corrected chi connectivity index (χ4v) is 5.09. The second kappa shape index (κ2) is 6.41. The third-order valence-electron chi connectivity index (χ3n) is 4.90. The Morgan fingerprint density at radius 1 is 1.43 bits per heavy atom. The van der Waals surface area contributed by atoms with E-state index in [4.69, 9.17) is 16.3 Å². The molecule has 2 aliphatic heterocycles. The Balaban J connectivity index is 1.64. The highest BCUT2D eigenvalue weighted by Crippen LogP contribution is 2.42. The Labute approximate surface area is 166 Å². The molecule has 1 spiro atoms. The first-order chi connectivity index (χ1) is 13.1. The van der Waals surface area contributed by atoms with Gasteiger partial charge in [-0.1, -0.05) is 11.6 Å². The van der Waals surface area contributed by atoms with Crippen molar-refractivity contribution >= 4 is 45.0 Å². The number of ether oxygens (including phenoxy) is 2. The van der Waals surface area contributed by atoms with Gasteiger partial charge < -0.3 is 19.7 Å². The van der Waals surface area contributed by atoms with Crippen molar-refractivity contribution < 1.29 is 32.2 Å². The molecule has 4 rings (SSSR count). The van der Waals surface area contributed by atoms with Gasteiger partial charge in [0.2, 0.25) is 0 Å². The molecule has 1 aromatic heterocycles. The number of carbonyl (C=O) groups excluding carboxylic acids is 2. The zero-order valence-electron chi connectivity index (χ0n) is 14.5. The topological polar surface area (TPSA) is 67.9 Å². The predicted octanol–water partition coefficient (Wildman–Crippen LogP) is 4.09. The number of amides is 2. The number of likely N-dealkylation sites (tertiary alicyclic amines) is 1. The van der Waals surface area contributed by atoms with Crippen LogP contribution in [0.4, 0.5) is 18.0 Å². The van der Waals surface area contributed by atoms with Crippen LogP contribution in [0.5, 0.6) is 5.75 Å². The molecule has 2 fully saturated rings. The summed E-state index contributed by atoms with van der Waals surface area (Å²) in [6.07, 6.45) is -4.77. The van der Waals surface area contributed by atoms with E-state index in [-0.39, 0.29) is 40.3 Å². The Kier molecular flexibility index (Phi) is 4.38. The van der Waals surface area contributed by atoms with Crippen LogP contribution in [0.2, 0.25) is 5.02 Å². The largest absolute Gasteiger partial charge is 0.573 e. The monoisotopic (exact) mass is 434 g/mol. The minimum Gasteiger partial charge on any atom is -0.447 e. The maximum absolute atomic E-state index is 13.0. The number of thiophene rings is 1. The summed E-state index contributed by atoms with van der Waals surface area (Å²) >= 11 is 7.40. The van der Waals surface area contributed by atoms with E-state index in [9.17, 15) is 22.8 Å². The maximum Gasteiger partial charge on any atom is 0.573 e. The van der Waals surface area contributed by atoms with Crippen molar-refractivity contribution in [2.75, 3.05) is 19.7 Å². The van der Waals surface area contributed by atoms with E-state index in [0.29, 0.717) is 23.1 Å². The first-order valence-corrected chi connectivity index (χ1v) is 9.50. The smallest absolute Gasteiger partial charge is 0.447 e. The van der Waals surface area contributed by atoms with Gasteiger partial charge in [0, 0.05) is 28.7 Å². The number of hydrogen-bond acceptors (Lipinski definition) is 5. The second-order valence-electron chi connectivity index (χ2n) is 6.82. The van der Waals surface area contributed by atoms with Gasteiger partial charge >= 0.3 is 12.5 Å². The van der Waals surface area contributed by atoms with E-state index in [1.54, 1.807) is 4.90 Å².